The van der Waals surface area contributed by atoms with Crippen molar-refractivity contribution in [1.29, 1.82) is 0 Å². The topological polar surface area (TPSA) is 110 Å². The van der Waals surface area contributed by atoms with Crippen molar-refractivity contribution in [2.24, 2.45) is 0 Å². The molecule has 1 aromatic carbocycles. The molecule has 0 aliphatic carbocycles. The second kappa shape index (κ2) is 10.2. The Bertz CT molecular complexity index is 976. The van der Waals surface area contributed by atoms with Crippen LogP contribution in [0.5, 0.6) is 17.2 Å². The summed E-state index contributed by atoms with van der Waals surface area (Å²) < 4.78 is 30.9. The minimum Gasteiger partial charge on any atom is -0.493 e. The molecule has 31 heavy (non-hydrogen) atoms. The van der Waals surface area contributed by atoms with Crippen molar-refractivity contribution in [2.75, 3.05) is 47.6 Å². The number of benzene rings is 1. The van der Waals surface area contributed by atoms with Gasteiger partial charge in [0.1, 0.15) is 11.4 Å². The third-order valence-electron chi connectivity index (χ3n) is 4.34. The molecule has 0 atom stereocenters. The summed E-state index contributed by atoms with van der Waals surface area (Å²) >= 11 is 0. The molecule has 0 spiro atoms. The lowest BCUT2D eigenvalue weighted by Crippen LogP contribution is -2.29. The van der Waals surface area contributed by atoms with Crippen LogP contribution in [0, 0.1) is 0 Å². The van der Waals surface area contributed by atoms with E-state index < -0.39 is 17.9 Å². The molecule has 1 heterocycles. The molecule has 0 radical (unpaired) electrons. The van der Waals surface area contributed by atoms with Crippen molar-refractivity contribution >= 4 is 23.6 Å². The van der Waals surface area contributed by atoms with Crippen LogP contribution in [0.25, 0.3) is 0 Å². The minimum absolute atomic E-state index is 0.0193. The SMILES string of the molecule is COC(=O)C1=C(C(=O)OC)N(c2c(C(=O)OC)cc(OC)c(OC)c2OC)C=CC=C1. The maximum atomic E-state index is 12.8. The molecule has 0 N–H and O–H groups in total. The molecule has 1 aromatic rings. The first-order valence-corrected chi connectivity index (χ1v) is 8.86. The van der Waals surface area contributed by atoms with Gasteiger partial charge in [0.15, 0.2) is 11.5 Å². The number of hydrogen-bond acceptors (Lipinski definition) is 10. The molecule has 166 valence electrons. The zero-order valence-corrected chi connectivity index (χ0v) is 18.0. The van der Waals surface area contributed by atoms with Gasteiger partial charge in [-0.25, -0.2) is 14.4 Å². The molecule has 10 nitrogen and oxygen atoms in total. The highest BCUT2D eigenvalue weighted by Crippen LogP contribution is 2.48. The van der Waals surface area contributed by atoms with Gasteiger partial charge in [-0.1, -0.05) is 6.08 Å². The Morgan fingerprint density at radius 3 is 1.87 bits per heavy atom. The van der Waals surface area contributed by atoms with Gasteiger partial charge in [0.2, 0.25) is 5.75 Å². The quantitative estimate of drug-likeness (QED) is 0.468. The van der Waals surface area contributed by atoms with Crippen LogP contribution in [0.1, 0.15) is 10.4 Å². The lowest BCUT2D eigenvalue weighted by atomic mass is 10.1. The van der Waals surface area contributed by atoms with Gasteiger partial charge in [0.05, 0.1) is 53.8 Å². The normalized spacial score (nSPS) is 12.8. The van der Waals surface area contributed by atoms with Crippen LogP contribution < -0.4 is 19.1 Å². The third-order valence-corrected chi connectivity index (χ3v) is 4.34. The number of ether oxygens (including phenoxy) is 6. The summed E-state index contributed by atoms with van der Waals surface area (Å²) in [6.07, 6.45) is 5.92. The van der Waals surface area contributed by atoms with E-state index in [-0.39, 0.29) is 39.8 Å². The van der Waals surface area contributed by atoms with Crippen molar-refractivity contribution in [2.45, 2.75) is 0 Å². The van der Waals surface area contributed by atoms with Crippen molar-refractivity contribution in [3.63, 3.8) is 0 Å². The minimum atomic E-state index is -0.857. The summed E-state index contributed by atoms with van der Waals surface area (Å²) in [5.74, 6) is -1.99. The van der Waals surface area contributed by atoms with Gasteiger partial charge in [-0.15, -0.1) is 0 Å². The molecule has 0 amide bonds. The largest absolute Gasteiger partial charge is 0.493 e. The summed E-state index contributed by atoms with van der Waals surface area (Å²) in [6.45, 7) is 0. The van der Waals surface area contributed by atoms with Crippen LogP contribution in [0.3, 0.4) is 0 Å². The Labute approximate surface area is 179 Å². The molecule has 0 saturated heterocycles. The molecule has 0 aromatic heterocycles. The molecule has 1 aliphatic rings. The number of esters is 3. The molecule has 0 saturated carbocycles. The van der Waals surface area contributed by atoms with Gasteiger partial charge >= 0.3 is 17.9 Å². The summed E-state index contributed by atoms with van der Waals surface area (Å²) in [5.41, 5.74) is -0.273. The van der Waals surface area contributed by atoms with E-state index in [9.17, 15) is 14.4 Å². The lowest BCUT2D eigenvalue weighted by molar-refractivity contribution is -0.139. The Balaban J connectivity index is 3.01. The maximum Gasteiger partial charge on any atom is 0.355 e. The summed E-state index contributed by atoms with van der Waals surface area (Å²) in [5, 5.41) is 0. The average molecular weight is 433 g/mol. The monoisotopic (exact) mass is 433 g/mol. The molecule has 10 heteroatoms. The van der Waals surface area contributed by atoms with Crippen molar-refractivity contribution in [3.8, 4) is 17.2 Å². The Hall–Kier alpha value is -3.95. The number of carbonyl (C=O) groups is 3. The van der Waals surface area contributed by atoms with Crippen LogP contribution in [-0.2, 0) is 23.8 Å². The highest BCUT2D eigenvalue weighted by atomic mass is 16.5. The maximum absolute atomic E-state index is 12.8. The fourth-order valence-corrected chi connectivity index (χ4v) is 2.98. The first-order valence-electron chi connectivity index (χ1n) is 8.86. The molecular weight excluding hydrogens is 410 g/mol. The highest BCUT2D eigenvalue weighted by Gasteiger charge is 2.34. The van der Waals surface area contributed by atoms with E-state index >= 15 is 0 Å². The van der Waals surface area contributed by atoms with Crippen LogP contribution in [-0.4, -0.2) is 60.6 Å². The molecule has 1 aliphatic heterocycles. The fraction of sp³-hybridized carbons (Fsp3) is 0.286. The van der Waals surface area contributed by atoms with Crippen molar-refractivity contribution in [1.82, 2.24) is 0 Å². The van der Waals surface area contributed by atoms with E-state index in [4.69, 9.17) is 28.4 Å². The second-order valence-electron chi connectivity index (χ2n) is 5.85. The average Bonchev–Trinajstić information content (AvgIpc) is 3.03. The Morgan fingerprint density at radius 2 is 1.35 bits per heavy atom. The van der Waals surface area contributed by atoms with Crippen molar-refractivity contribution in [3.05, 3.63) is 47.3 Å². The zero-order valence-electron chi connectivity index (χ0n) is 18.0. The number of hydrogen-bond donors (Lipinski definition) is 0. The number of carbonyl (C=O) groups excluding carboxylic acids is 3. The first-order chi connectivity index (χ1) is 14.9. The van der Waals surface area contributed by atoms with Gasteiger partial charge in [-0.05, 0) is 12.2 Å². The molecule has 0 unspecified atom stereocenters. The molecule has 2 rings (SSSR count). The Morgan fingerprint density at radius 1 is 0.742 bits per heavy atom. The van der Waals surface area contributed by atoms with E-state index in [1.807, 2.05) is 0 Å². The number of anilines is 1. The van der Waals surface area contributed by atoms with E-state index in [2.05, 4.69) is 0 Å². The predicted molar refractivity (Wildman–Crippen MR) is 109 cm³/mol. The Kier molecular flexibility index (Phi) is 7.67. The predicted octanol–water partition coefficient (Wildman–Crippen LogP) is 1.99. The first kappa shape index (κ1) is 23.3. The number of rotatable bonds is 7. The summed E-state index contributed by atoms with van der Waals surface area (Å²) in [7, 11) is 7.67. The second-order valence-corrected chi connectivity index (χ2v) is 5.85. The van der Waals surface area contributed by atoms with E-state index in [0.29, 0.717) is 0 Å². The van der Waals surface area contributed by atoms with E-state index in [1.54, 1.807) is 6.08 Å². The number of methoxy groups -OCH3 is 6. The fourth-order valence-electron chi connectivity index (χ4n) is 2.98. The number of allylic oxidation sites excluding steroid dienone is 2. The van der Waals surface area contributed by atoms with Crippen molar-refractivity contribution < 1.29 is 42.8 Å². The smallest absolute Gasteiger partial charge is 0.355 e. The van der Waals surface area contributed by atoms with Crippen LogP contribution in [0.4, 0.5) is 5.69 Å². The van der Waals surface area contributed by atoms with E-state index in [0.717, 1.165) is 7.11 Å². The van der Waals surface area contributed by atoms with Crippen LogP contribution in [0.2, 0.25) is 0 Å². The van der Waals surface area contributed by atoms with Crippen LogP contribution in [0.15, 0.2) is 41.8 Å². The van der Waals surface area contributed by atoms with Gasteiger partial charge in [-0.2, -0.15) is 0 Å². The number of nitrogens with zero attached hydrogens (tertiary/aromatic N) is 1. The summed E-state index contributed by atoms with van der Waals surface area (Å²) in [4.78, 5) is 39.1. The van der Waals surface area contributed by atoms with E-state index in [1.165, 1.54) is 64.9 Å². The molecule has 0 bridgehead atoms. The third kappa shape index (κ3) is 4.32. The highest BCUT2D eigenvalue weighted by molar-refractivity contribution is 6.08. The standard InChI is InChI=1S/C21H23NO9/c1-26-14-11-13(20(24)30-5)15(18(28-3)17(14)27-2)22-10-8-7-9-12(19(23)29-4)16(22)21(25)31-6/h7-11H,1-6H3. The van der Waals surface area contributed by atoms with Crippen LogP contribution >= 0.6 is 0 Å². The lowest BCUT2D eigenvalue weighted by Gasteiger charge is -2.28. The van der Waals surface area contributed by atoms with Gasteiger partial charge in [0.25, 0.3) is 0 Å². The van der Waals surface area contributed by atoms with Gasteiger partial charge in [-0.3, -0.25) is 0 Å². The summed E-state index contributed by atoms with van der Waals surface area (Å²) in [6, 6.07) is 1.38. The molecule has 0 fully saturated rings. The van der Waals surface area contributed by atoms with Gasteiger partial charge in [0, 0.05) is 12.3 Å². The zero-order chi connectivity index (χ0) is 23.1. The van der Waals surface area contributed by atoms with Gasteiger partial charge < -0.3 is 33.3 Å². The molecular formula is C21H23NO9.